The summed E-state index contributed by atoms with van der Waals surface area (Å²) in [5.74, 6) is -0.691. The normalized spacial score (nSPS) is 23.1. The van der Waals surface area contributed by atoms with Crippen LogP contribution < -0.4 is 0 Å². The smallest absolute Gasteiger partial charge is 0.326 e. The predicted octanol–water partition coefficient (Wildman–Crippen LogP) is 0.771. The van der Waals surface area contributed by atoms with E-state index in [-0.39, 0.29) is 0 Å². The van der Waals surface area contributed by atoms with Crippen LogP contribution in [0.25, 0.3) is 0 Å². The molecule has 1 fully saturated rings. The zero-order valence-electron chi connectivity index (χ0n) is 9.89. The van der Waals surface area contributed by atoms with Crippen LogP contribution in [0.3, 0.4) is 0 Å². The number of nitrogens with zero attached hydrogens (tertiary/aromatic N) is 2. The van der Waals surface area contributed by atoms with E-state index >= 15 is 0 Å². The van der Waals surface area contributed by atoms with Crippen LogP contribution in [-0.4, -0.2) is 46.6 Å². The highest BCUT2D eigenvalue weighted by molar-refractivity contribution is 5.81. The van der Waals surface area contributed by atoms with Crippen molar-refractivity contribution in [2.75, 3.05) is 20.1 Å². The molecule has 0 saturated carbocycles. The highest BCUT2D eigenvalue weighted by Crippen LogP contribution is 2.34. The van der Waals surface area contributed by atoms with Gasteiger partial charge in [-0.1, -0.05) is 24.3 Å². The number of hydrogen-bond acceptors (Lipinski definition) is 3. The van der Waals surface area contributed by atoms with Gasteiger partial charge in [-0.05, 0) is 18.2 Å². The molecule has 2 heterocycles. The van der Waals surface area contributed by atoms with Gasteiger partial charge in [0.1, 0.15) is 5.54 Å². The molecule has 0 radical (unpaired) electrons. The summed E-state index contributed by atoms with van der Waals surface area (Å²) >= 11 is 0. The van der Waals surface area contributed by atoms with E-state index in [0.29, 0.717) is 13.1 Å². The van der Waals surface area contributed by atoms with Crippen molar-refractivity contribution >= 4 is 5.97 Å². The first-order valence-corrected chi connectivity index (χ1v) is 5.86. The van der Waals surface area contributed by atoms with E-state index in [1.165, 1.54) is 11.1 Å². The second kappa shape index (κ2) is 3.55. The maximum atomic E-state index is 11.5. The van der Waals surface area contributed by atoms with Gasteiger partial charge in [-0.25, -0.2) is 0 Å². The van der Waals surface area contributed by atoms with Crippen molar-refractivity contribution in [3.63, 3.8) is 0 Å². The lowest BCUT2D eigenvalue weighted by Gasteiger charge is -2.50. The highest BCUT2D eigenvalue weighted by atomic mass is 16.4. The van der Waals surface area contributed by atoms with Crippen molar-refractivity contribution in [3.05, 3.63) is 35.4 Å². The number of aliphatic carboxylic acids is 1. The second-order valence-electron chi connectivity index (χ2n) is 5.13. The van der Waals surface area contributed by atoms with E-state index < -0.39 is 11.5 Å². The summed E-state index contributed by atoms with van der Waals surface area (Å²) in [4.78, 5) is 15.7. The van der Waals surface area contributed by atoms with E-state index in [9.17, 15) is 9.90 Å². The molecule has 0 unspecified atom stereocenters. The molecule has 1 aromatic carbocycles. The lowest BCUT2D eigenvalue weighted by atomic mass is 9.88. The molecule has 2 aliphatic rings. The van der Waals surface area contributed by atoms with Gasteiger partial charge in [0.2, 0.25) is 0 Å². The molecule has 17 heavy (non-hydrogen) atoms. The van der Waals surface area contributed by atoms with E-state index in [4.69, 9.17) is 0 Å². The van der Waals surface area contributed by atoms with E-state index in [1.807, 2.05) is 19.2 Å². The molecule has 90 valence electrons. The Morgan fingerprint density at radius 1 is 1.24 bits per heavy atom. The summed E-state index contributed by atoms with van der Waals surface area (Å²) in [5.41, 5.74) is 1.86. The third kappa shape index (κ3) is 1.48. The summed E-state index contributed by atoms with van der Waals surface area (Å²) in [5, 5.41) is 9.47. The number of carboxylic acids is 1. The molecule has 4 nitrogen and oxygen atoms in total. The first-order chi connectivity index (χ1) is 8.12. The van der Waals surface area contributed by atoms with Gasteiger partial charge in [0, 0.05) is 26.2 Å². The zero-order valence-corrected chi connectivity index (χ0v) is 9.89. The number of hydrogen-bond donors (Lipinski definition) is 1. The average molecular weight is 232 g/mol. The van der Waals surface area contributed by atoms with Gasteiger partial charge in [0.15, 0.2) is 0 Å². The molecule has 0 aliphatic carbocycles. The van der Waals surface area contributed by atoms with Gasteiger partial charge < -0.3 is 10.0 Å². The average Bonchev–Trinajstić information content (AvgIpc) is 2.67. The molecule has 0 spiro atoms. The number of carbonyl (C=O) groups is 1. The Hall–Kier alpha value is -1.39. The quantitative estimate of drug-likeness (QED) is 0.818. The molecule has 2 aliphatic heterocycles. The van der Waals surface area contributed by atoms with Gasteiger partial charge in [-0.15, -0.1) is 0 Å². The van der Waals surface area contributed by atoms with Crippen molar-refractivity contribution in [2.45, 2.75) is 18.6 Å². The van der Waals surface area contributed by atoms with Crippen LogP contribution in [0.4, 0.5) is 0 Å². The molecule has 1 aromatic rings. The molecule has 1 N–H and O–H groups in total. The summed E-state index contributed by atoms with van der Waals surface area (Å²) in [6.07, 6.45) is 0. The minimum Gasteiger partial charge on any atom is -0.480 e. The zero-order chi connectivity index (χ0) is 12.0. The van der Waals surface area contributed by atoms with Crippen molar-refractivity contribution in [1.29, 1.82) is 0 Å². The Labute approximate surface area is 100 Å². The van der Waals surface area contributed by atoms with E-state index in [2.05, 4.69) is 21.9 Å². The van der Waals surface area contributed by atoms with Crippen LogP contribution in [0.1, 0.15) is 11.1 Å². The molecular formula is C13H16N2O2. The monoisotopic (exact) mass is 232 g/mol. The number of likely N-dealkylation sites (tertiary alicyclic amines) is 1. The molecule has 1 saturated heterocycles. The number of rotatable bonds is 2. The van der Waals surface area contributed by atoms with Crippen molar-refractivity contribution in [2.24, 2.45) is 0 Å². The van der Waals surface area contributed by atoms with E-state index in [1.54, 1.807) is 0 Å². The molecule has 0 atom stereocenters. The summed E-state index contributed by atoms with van der Waals surface area (Å²) in [6, 6.07) is 8.21. The van der Waals surface area contributed by atoms with Crippen LogP contribution in [0, 0.1) is 0 Å². The number of benzene rings is 1. The van der Waals surface area contributed by atoms with Crippen LogP contribution >= 0.6 is 0 Å². The van der Waals surface area contributed by atoms with Gasteiger partial charge in [-0.3, -0.25) is 9.69 Å². The third-order valence-corrected chi connectivity index (χ3v) is 3.91. The maximum Gasteiger partial charge on any atom is 0.326 e. The Morgan fingerprint density at radius 3 is 2.18 bits per heavy atom. The Morgan fingerprint density at radius 2 is 1.76 bits per heavy atom. The molecule has 0 bridgehead atoms. The molecule has 0 aromatic heterocycles. The second-order valence-corrected chi connectivity index (χ2v) is 5.13. The Kier molecular flexibility index (Phi) is 2.24. The predicted molar refractivity (Wildman–Crippen MR) is 63.6 cm³/mol. The fraction of sp³-hybridized carbons (Fsp3) is 0.462. The molecular weight excluding hydrogens is 216 g/mol. The van der Waals surface area contributed by atoms with Crippen molar-refractivity contribution in [3.8, 4) is 0 Å². The lowest BCUT2D eigenvalue weighted by molar-refractivity contribution is -0.165. The van der Waals surface area contributed by atoms with Crippen LogP contribution in [0.5, 0.6) is 0 Å². The third-order valence-electron chi connectivity index (χ3n) is 3.91. The van der Waals surface area contributed by atoms with Gasteiger partial charge >= 0.3 is 5.97 Å². The Bertz CT molecular complexity index is 441. The minimum absolute atomic E-state index is 0.621. The summed E-state index contributed by atoms with van der Waals surface area (Å²) in [6.45, 7) is 2.76. The molecule has 4 heteroatoms. The molecule has 3 rings (SSSR count). The fourth-order valence-corrected chi connectivity index (χ4v) is 2.95. The first-order valence-electron chi connectivity index (χ1n) is 5.86. The standard InChI is InChI=1S/C13H16N2O2/c1-14-8-13(9-14,12(16)17)15-6-10-4-2-3-5-11(10)7-15/h2-5H,6-9H2,1H3,(H,16,17). The minimum atomic E-state index is -0.691. The van der Waals surface area contributed by atoms with E-state index in [0.717, 1.165) is 13.1 Å². The largest absolute Gasteiger partial charge is 0.480 e. The number of fused-ring (bicyclic) bond motifs is 1. The van der Waals surface area contributed by atoms with Gasteiger partial charge in [-0.2, -0.15) is 0 Å². The van der Waals surface area contributed by atoms with Crippen LogP contribution in [0.2, 0.25) is 0 Å². The highest BCUT2D eigenvalue weighted by Gasteiger charge is 2.53. The van der Waals surface area contributed by atoms with Gasteiger partial charge in [0.05, 0.1) is 0 Å². The first kappa shape index (κ1) is 10.7. The van der Waals surface area contributed by atoms with Crippen molar-refractivity contribution in [1.82, 2.24) is 9.80 Å². The summed E-state index contributed by atoms with van der Waals surface area (Å²) in [7, 11) is 1.96. The SMILES string of the molecule is CN1CC(C(=O)O)(N2Cc3ccccc3C2)C1. The Balaban J connectivity index is 1.86. The van der Waals surface area contributed by atoms with Gasteiger partial charge in [0.25, 0.3) is 0 Å². The van der Waals surface area contributed by atoms with Crippen LogP contribution in [0.15, 0.2) is 24.3 Å². The maximum absolute atomic E-state index is 11.5. The van der Waals surface area contributed by atoms with Crippen molar-refractivity contribution < 1.29 is 9.90 Å². The molecule has 0 amide bonds. The lowest BCUT2D eigenvalue weighted by Crippen LogP contribution is -2.71. The fourth-order valence-electron chi connectivity index (χ4n) is 2.95. The number of likely N-dealkylation sites (N-methyl/N-ethyl adjacent to an activating group) is 1. The van der Waals surface area contributed by atoms with Crippen LogP contribution in [-0.2, 0) is 17.9 Å². The topological polar surface area (TPSA) is 43.8 Å². The summed E-state index contributed by atoms with van der Waals surface area (Å²) < 4.78 is 0. The number of carboxylic acid groups (broad SMARTS) is 1.